The van der Waals surface area contributed by atoms with Crippen molar-refractivity contribution in [2.75, 3.05) is 6.54 Å². The monoisotopic (exact) mass is 183 g/mol. The highest BCUT2D eigenvalue weighted by Gasteiger charge is 2.06. The van der Waals surface area contributed by atoms with Gasteiger partial charge in [0.25, 0.3) is 0 Å². The maximum Gasteiger partial charge on any atom is 0.00387 e. The maximum atomic E-state index is 3.59. The summed E-state index contributed by atoms with van der Waals surface area (Å²) in [6.45, 7) is 5.97. The summed E-state index contributed by atoms with van der Waals surface area (Å²) in [5.74, 6) is 0.963. The Morgan fingerprint density at radius 2 is 1.62 bits per heavy atom. The Morgan fingerprint density at radius 1 is 0.846 bits per heavy atom. The fourth-order valence-corrected chi connectivity index (χ4v) is 2.16. The molecular weight excluding hydrogens is 158 g/mol. The lowest BCUT2D eigenvalue weighted by Gasteiger charge is -2.13. The molecule has 1 N–H and O–H groups in total. The highest BCUT2D eigenvalue weighted by atomic mass is 14.9. The molecule has 1 heteroatoms. The van der Waals surface area contributed by atoms with E-state index < -0.39 is 0 Å². The molecule has 1 aliphatic heterocycles. The molecule has 13 heavy (non-hydrogen) atoms. The smallest absolute Gasteiger partial charge is 0.00387 e. The van der Waals surface area contributed by atoms with Crippen LogP contribution >= 0.6 is 0 Å². The van der Waals surface area contributed by atoms with Gasteiger partial charge < -0.3 is 5.32 Å². The van der Waals surface area contributed by atoms with Gasteiger partial charge in [-0.25, -0.2) is 0 Å². The summed E-state index contributed by atoms with van der Waals surface area (Å²) < 4.78 is 0. The molecule has 0 radical (unpaired) electrons. The van der Waals surface area contributed by atoms with E-state index in [1.165, 1.54) is 51.5 Å². The highest BCUT2D eigenvalue weighted by molar-refractivity contribution is 4.64. The summed E-state index contributed by atoms with van der Waals surface area (Å²) in [7, 11) is 0. The topological polar surface area (TPSA) is 12.0 Å². The standard InChI is InChI=1S/C12H25N/c1-11-7-4-3-5-10-13-12(2)9-6-8-11/h11-13H,3-10H2,1-2H3/t11?,12-/m1/s1. The zero-order valence-corrected chi connectivity index (χ0v) is 9.31. The van der Waals surface area contributed by atoms with Crippen molar-refractivity contribution < 1.29 is 0 Å². The molecule has 78 valence electrons. The van der Waals surface area contributed by atoms with Gasteiger partial charge in [0.15, 0.2) is 0 Å². The second-order valence-electron chi connectivity index (χ2n) is 4.74. The summed E-state index contributed by atoms with van der Waals surface area (Å²) in [5.41, 5.74) is 0. The average molecular weight is 183 g/mol. The fourth-order valence-electron chi connectivity index (χ4n) is 2.16. The van der Waals surface area contributed by atoms with Gasteiger partial charge in [0, 0.05) is 6.04 Å². The third-order valence-electron chi connectivity index (χ3n) is 3.20. The molecule has 1 aliphatic rings. The van der Waals surface area contributed by atoms with Crippen LogP contribution < -0.4 is 5.32 Å². The summed E-state index contributed by atoms with van der Waals surface area (Å²) in [6.07, 6.45) is 9.90. The van der Waals surface area contributed by atoms with Gasteiger partial charge in [-0.05, 0) is 32.2 Å². The summed E-state index contributed by atoms with van der Waals surface area (Å²) >= 11 is 0. The van der Waals surface area contributed by atoms with Crippen LogP contribution in [0.15, 0.2) is 0 Å². The first-order chi connectivity index (χ1) is 6.29. The van der Waals surface area contributed by atoms with Crippen molar-refractivity contribution in [1.29, 1.82) is 0 Å². The first-order valence-electron chi connectivity index (χ1n) is 6.02. The number of hydrogen-bond acceptors (Lipinski definition) is 1. The minimum atomic E-state index is 0.741. The van der Waals surface area contributed by atoms with Gasteiger partial charge in [-0.2, -0.15) is 0 Å². The zero-order chi connectivity index (χ0) is 9.52. The zero-order valence-electron chi connectivity index (χ0n) is 9.31. The van der Waals surface area contributed by atoms with E-state index in [1.807, 2.05) is 0 Å². The predicted molar refractivity (Wildman–Crippen MR) is 58.9 cm³/mol. The molecule has 0 spiro atoms. The van der Waals surface area contributed by atoms with Crippen LogP contribution in [0.3, 0.4) is 0 Å². The maximum absolute atomic E-state index is 3.59. The molecule has 1 rings (SSSR count). The van der Waals surface area contributed by atoms with E-state index in [0.717, 1.165) is 12.0 Å². The molecule has 1 heterocycles. The van der Waals surface area contributed by atoms with E-state index in [2.05, 4.69) is 19.2 Å². The van der Waals surface area contributed by atoms with Crippen molar-refractivity contribution in [2.24, 2.45) is 5.92 Å². The van der Waals surface area contributed by atoms with Crippen LogP contribution in [0.1, 0.15) is 58.8 Å². The third kappa shape index (κ3) is 5.30. The number of rotatable bonds is 0. The lowest BCUT2D eigenvalue weighted by molar-refractivity contribution is 0.435. The number of hydrogen-bond donors (Lipinski definition) is 1. The van der Waals surface area contributed by atoms with Gasteiger partial charge in [0.05, 0.1) is 0 Å². The third-order valence-corrected chi connectivity index (χ3v) is 3.20. The summed E-state index contributed by atoms with van der Waals surface area (Å²) in [4.78, 5) is 0. The molecule has 1 nitrogen and oxygen atoms in total. The predicted octanol–water partition coefficient (Wildman–Crippen LogP) is 3.34. The minimum Gasteiger partial charge on any atom is -0.314 e. The first-order valence-corrected chi connectivity index (χ1v) is 6.02. The summed E-state index contributed by atoms with van der Waals surface area (Å²) in [6, 6.07) is 0.741. The van der Waals surface area contributed by atoms with E-state index >= 15 is 0 Å². The Kier molecular flexibility index (Phi) is 5.45. The van der Waals surface area contributed by atoms with Crippen LogP contribution in [0.2, 0.25) is 0 Å². The molecule has 2 atom stereocenters. The Balaban J connectivity index is 2.23. The summed E-state index contributed by atoms with van der Waals surface area (Å²) in [5, 5.41) is 3.59. The van der Waals surface area contributed by atoms with Crippen LogP contribution in [0, 0.1) is 5.92 Å². The molecule has 0 aliphatic carbocycles. The van der Waals surface area contributed by atoms with Crippen LogP contribution in [0.5, 0.6) is 0 Å². The molecule has 0 bridgehead atoms. The van der Waals surface area contributed by atoms with Crippen LogP contribution in [0.4, 0.5) is 0 Å². The number of nitrogens with one attached hydrogen (secondary N) is 1. The van der Waals surface area contributed by atoms with Gasteiger partial charge in [-0.3, -0.25) is 0 Å². The molecule has 1 fully saturated rings. The minimum absolute atomic E-state index is 0.741. The second-order valence-corrected chi connectivity index (χ2v) is 4.74. The van der Waals surface area contributed by atoms with E-state index in [4.69, 9.17) is 0 Å². The molecule has 0 aromatic carbocycles. The molecule has 1 unspecified atom stereocenters. The van der Waals surface area contributed by atoms with E-state index in [-0.39, 0.29) is 0 Å². The van der Waals surface area contributed by atoms with Crippen molar-refractivity contribution in [3.8, 4) is 0 Å². The van der Waals surface area contributed by atoms with Crippen LogP contribution in [0.25, 0.3) is 0 Å². The molecule has 0 amide bonds. The highest BCUT2D eigenvalue weighted by Crippen LogP contribution is 2.17. The lowest BCUT2D eigenvalue weighted by Crippen LogP contribution is -2.26. The molecule has 1 saturated heterocycles. The Bertz CT molecular complexity index is 108. The SMILES string of the molecule is CC1CCCCCN[C@H](C)CCC1. The fraction of sp³-hybridized carbons (Fsp3) is 1.00. The van der Waals surface area contributed by atoms with Crippen molar-refractivity contribution in [2.45, 2.75) is 64.8 Å². The van der Waals surface area contributed by atoms with Gasteiger partial charge in [0.2, 0.25) is 0 Å². The van der Waals surface area contributed by atoms with Gasteiger partial charge in [-0.1, -0.05) is 39.0 Å². The van der Waals surface area contributed by atoms with Crippen molar-refractivity contribution in [3.63, 3.8) is 0 Å². The second kappa shape index (κ2) is 6.42. The Labute approximate surface area is 83.3 Å². The van der Waals surface area contributed by atoms with Crippen molar-refractivity contribution >= 4 is 0 Å². The van der Waals surface area contributed by atoms with Crippen LogP contribution in [-0.2, 0) is 0 Å². The molecule has 0 saturated carbocycles. The first kappa shape index (κ1) is 11.0. The Hall–Kier alpha value is -0.0400. The van der Waals surface area contributed by atoms with Gasteiger partial charge in [-0.15, -0.1) is 0 Å². The quantitative estimate of drug-likeness (QED) is 0.607. The van der Waals surface area contributed by atoms with Crippen molar-refractivity contribution in [3.05, 3.63) is 0 Å². The van der Waals surface area contributed by atoms with Gasteiger partial charge in [0.1, 0.15) is 0 Å². The lowest BCUT2D eigenvalue weighted by atomic mass is 9.97. The van der Waals surface area contributed by atoms with Crippen molar-refractivity contribution in [1.82, 2.24) is 5.32 Å². The molecule has 0 aromatic rings. The van der Waals surface area contributed by atoms with Crippen LogP contribution in [-0.4, -0.2) is 12.6 Å². The Morgan fingerprint density at radius 3 is 2.46 bits per heavy atom. The van der Waals surface area contributed by atoms with Gasteiger partial charge >= 0.3 is 0 Å². The largest absolute Gasteiger partial charge is 0.314 e. The van der Waals surface area contributed by atoms with E-state index in [9.17, 15) is 0 Å². The van der Waals surface area contributed by atoms with E-state index in [0.29, 0.717) is 0 Å². The normalized spacial score (nSPS) is 33.7. The molecular formula is C12H25N. The molecule has 0 aromatic heterocycles. The van der Waals surface area contributed by atoms with E-state index in [1.54, 1.807) is 0 Å². The average Bonchev–Trinajstić information content (AvgIpc) is 2.13.